The van der Waals surface area contributed by atoms with Crippen molar-refractivity contribution in [1.29, 1.82) is 0 Å². The molecule has 0 heterocycles. The van der Waals surface area contributed by atoms with Gasteiger partial charge in [-0.3, -0.25) is 24.1 Å². The minimum atomic E-state index is -2.97. The lowest BCUT2D eigenvalue weighted by Gasteiger charge is -2.54. The minimum Gasteiger partial charge on any atom is -0.510 e. The third kappa shape index (κ3) is 3.95. The molecular weight excluding hydrogens is 534 g/mol. The maximum atomic E-state index is 14.0. The van der Waals surface area contributed by atoms with Crippen LogP contribution in [0.3, 0.4) is 0 Å². The number of nitrogens with zero attached hydrogens (tertiary/aromatic N) is 1. The van der Waals surface area contributed by atoms with Gasteiger partial charge in [-0.2, -0.15) is 0 Å². The average molecular weight is 570 g/mol. The number of aromatic hydroxyl groups is 1. The van der Waals surface area contributed by atoms with Gasteiger partial charge in [-0.05, 0) is 50.6 Å². The Kier molecular flexibility index (Phi) is 6.90. The number of esters is 1. The van der Waals surface area contributed by atoms with Crippen LogP contribution in [0.25, 0.3) is 0 Å². The van der Waals surface area contributed by atoms with Crippen LogP contribution in [0.5, 0.6) is 5.75 Å². The Hall–Kier alpha value is -3.90. The van der Waals surface area contributed by atoms with Crippen LogP contribution in [-0.2, 0) is 19.1 Å². The number of nitrogens with two attached hydrogens (primary N) is 2. The Bertz CT molecular complexity index is 1420. The van der Waals surface area contributed by atoms with E-state index in [1.165, 1.54) is 31.1 Å². The Morgan fingerprint density at radius 3 is 2.29 bits per heavy atom. The van der Waals surface area contributed by atoms with Gasteiger partial charge < -0.3 is 36.6 Å². The summed E-state index contributed by atoms with van der Waals surface area (Å²) in [5.74, 6) is -10.4. The number of aliphatic hydroxyl groups excluding tert-OH is 2. The molecule has 0 unspecified atom stereocenters. The van der Waals surface area contributed by atoms with Gasteiger partial charge in [0, 0.05) is 17.2 Å². The lowest BCUT2D eigenvalue weighted by molar-refractivity contribution is -0.184. The number of carbonyl (C=O) groups excluding carboxylic acids is 4. The second-order valence-corrected chi connectivity index (χ2v) is 11.8. The maximum Gasteiger partial charge on any atom is 0.309 e. The fourth-order valence-corrected chi connectivity index (χ4v) is 7.42. The van der Waals surface area contributed by atoms with Crippen molar-refractivity contribution in [3.8, 4) is 5.75 Å². The molecule has 4 aliphatic carbocycles. The van der Waals surface area contributed by atoms with E-state index < -0.39 is 93.3 Å². The second-order valence-electron chi connectivity index (χ2n) is 11.8. The number of likely N-dealkylation sites (N-methyl/N-ethyl adjacent to an activating group) is 1. The molecule has 5 rings (SSSR count). The van der Waals surface area contributed by atoms with E-state index in [1.807, 2.05) is 0 Å². The minimum absolute atomic E-state index is 0.179. The molecule has 0 aliphatic heterocycles. The highest BCUT2D eigenvalue weighted by molar-refractivity contribution is 6.25. The number of primary amides is 1. The van der Waals surface area contributed by atoms with Gasteiger partial charge in [0.2, 0.25) is 5.78 Å². The van der Waals surface area contributed by atoms with E-state index in [0.29, 0.717) is 12.8 Å². The molecule has 8 N–H and O–H groups in total. The Morgan fingerprint density at radius 1 is 1.07 bits per heavy atom. The van der Waals surface area contributed by atoms with Crippen LogP contribution in [0.2, 0.25) is 0 Å². The van der Waals surface area contributed by atoms with E-state index in [0.717, 1.165) is 19.3 Å². The van der Waals surface area contributed by atoms with Crippen LogP contribution in [-0.4, -0.2) is 80.6 Å². The van der Waals surface area contributed by atoms with E-state index in [9.17, 15) is 39.6 Å². The van der Waals surface area contributed by atoms with Crippen molar-refractivity contribution in [2.75, 3.05) is 19.8 Å². The second kappa shape index (κ2) is 9.88. The molecule has 41 heavy (non-hydrogen) atoms. The van der Waals surface area contributed by atoms with Gasteiger partial charge >= 0.3 is 5.97 Å². The largest absolute Gasteiger partial charge is 0.510 e. The summed E-state index contributed by atoms with van der Waals surface area (Å²) >= 11 is 0. The molecule has 0 radical (unpaired) electrons. The first-order valence-corrected chi connectivity index (χ1v) is 13.7. The Balaban J connectivity index is 1.80. The Labute approximate surface area is 236 Å². The van der Waals surface area contributed by atoms with Crippen molar-refractivity contribution in [2.45, 2.75) is 62.7 Å². The molecule has 12 nitrogen and oxygen atoms in total. The molecule has 220 valence electrons. The Morgan fingerprint density at radius 2 is 1.71 bits per heavy atom. The number of amides is 1. The number of hydrogen-bond donors (Lipinski definition) is 6. The summed E-state index contributed by atoms with van der Waals surface area (Å²) in [5, 5.41) is 45.6. The quantitative estimate of drug-likeness (QED) is 0.132. The van der Waals surface area contributed by atoms with Crippen molar-refractivity contribution in [3.05, 3.63) is 45.9 Å². The summed E-state index contributed by atoms with van der Waals surface area (Å²) in [6.07, 6.45) is 2.30. The highest BCUT2D eigenvalue weighted by Crippen LogP contribution is 2.57. The van der Waals surface area contributed by atoms with Gasteiger partial charge in [-0.25, -0.2) is 0 Å². The predicted octanol–water partition coefficient (Wildman–Crippen LogP) is 1.37. The molecule has 0 aromatic heterocycles. The molecule has 1 aromatic rings. The van der Waals surface area contributed by atoms with Crippen LogP contribution in [0.4, 0.5) is 5.69 Å². The van der Waals surface area contributed by atoms with Gasteiger partial charge in [0.25, 0.3) is 5.91 Å². The molecule has 12 heteroatoms. The number of benzene rings is 1. The average Bonchev–Trinajstić information content (AvgIpc) is 2.91. The first-order chi connectivity index (χ1) is 19.2. The summed E-state index contributed by atoms with van der Waals surface area (Å²) in [6.45, 7) is 1.67. The standard InChI is InChI=1S/C29H35N3O9/c1-11-15-13(30)9-10-14(33)17(15)22(34)18-16(11)24(41-28(39)12-7-5-4-6-8-12)20-21(32(2)3)23(35)19(27(31)38)26(37)29(20,40)25(18)36/h9-12,16,20-21,24,33,35-36,40H,4-8,30H2,1-3H3,(H2,31,38)/t11-,16+,20+,21-,24-,29-/m1/s1. The van der Waals surface area contributed by atoms with Crippen molar-refractivity contribution < 1.29 is 44.3 Å². The topological polar surface area (TPSA) is 214 Å². The van der Waals surface area contributed by atoms with Crippen LogP contribution in [0.1, 0.15) is 60.9 Å². The predicted molar refractivity (Wildman–Crippen MR) is 145 cm³/mol. The van der Waals surface area contributed by atoms with Crippen LogP contribution in [0, 0.1) is 17.8 Å². The molecule has 1 fully saturated rings. The number of ether oxygens (including phenoxy) is 1. The zero-order valence-electron chi connectivity index (χ0n) is 23.1. The smallest absolute Gasteiger partial charge is 0.309 e. The van der Waals surface area contributed by atoms with E-state index in [4.69, 9.17) is 16.2 Å². The summed E-state index contributed by atoms with van der Waals surface area (Å²) < 4.78 is 6.13. The van der Waals surface area contributed by atoms with E-state index >= 15 is 0 Å². The van der Waals surface area contributed by atoms with Crippen LogP contribution >= 0.6 is 0 Å². The number of ketones is 2. The number of hydrogen-bond acceptors (Lipinski definition) is 11. The SMILES string of the molecule is C[C@@H]1c2c(N)ccc(O)c2C(=O)C2=C(O)[C@@]3(O)C(=O)C(C(N)=O)=C(O)[C@H](N(C)C)[C@H]3[C@H](OC(=O)C3CCCCC3)[C@H]21. The number of anilines is 1. The lowest BCUT2D eigenvalue weighted by Crippen LogP contribution is -2.69. The summed E-state index contributed by atoms with van der Waals surface area (Å²) in [6, 6.07) is 1.31. The summed E-state index contributed by atoms with van der Waals surface area (Å²) in [7, 11) is 3.01. The summed E-state index contributed by atoms with van der Waals surface area (Å²) in [4.78, 5) is 55.1. The summed E-state index contributed by atoms with van der Waals surface area (Å²) in [5.41, 5.74) is 7.56. The highest BCUT2D eigenvalue weighted by Gasteiger charge is 2.68. The van der Waals surface area contributed by atoms with Gasteiger partial charge in [-0.1, -0.05) is 26.2 Å². The normalized spacial score (nSPS) is 32.0. The van der Waals surface area contributed by atoms with E-state index in [1.54, 1.807) is 6.92 Å². The van der Waals surface area contributed by atoms with Crippen LogP contribution in [0.15, 0.2) is 34.8 Å². The van der Waals surface area contributed by atoms with E-state index in [-0.39, 0.29) is 16.8 Å². The highest BCUT2D eigenvalue weighted by atomic mass is 16.5. The molecule has 1 saturated carbocycles. The van der Waals surface area contributed by atoms with Crippen LogP contribution < -0.4 is 11.5 Å². The number of Topliss-reactive ketones (excluding diaryl/α,β-unsaturated/α-hetero) is 2. The molecule has 1 amide bonds. The fourth-order valence-electron chi connectivity index (χ4n) is 7.42. The van der Waals surface area contributed by atoms with Gasteiger partial charge in [0.15, 0.2) is 11.4 Å². The molecule has 0 saturated heterocycles. The number of fused-ring (bicyclic) bond motifs is 3. The zero-order valence-corrected chi connectivity index (χ0v) is 23.1. The molecule has 6 atom stereocenters. The van der Waals surface area contributed by atoms with Gasteiger partial charge in [-0.15, -0.1) is 0 Å². The first-order valence-electron chi connectivity index (χ1n) is 13.7. The monoisotopic (exact) mass is 569 g/mol. The van der Waals surface area contributed by atoms with Gasteiger partial charge in [0.1, 0.15) is 28.9 Å². The number of rotatable bonds is 4. The number of aliphatic hydroxyl groups is 3. The fraction of sp³-hybridized carbons (Fsp3) is 0.517. The molecule has 1 aromatic carbocycles. The lowest BCUT2D eigenvalue weighted by atomic mass is 9.55. The van der Waals surface area contributed by atoms with Crippen molar-refractivity contribution >= 4 is 29.1 Å². The maximum absolute atomic E-state index is 14.0. The van der Waals surface area contributed by atoms with Gasteiger partial charge in [0.05, 0.1) is 23.4 Å². The first kappa shape index (κ1) is 28.6. The number of nitrogen functional groups attached to an aromatic ring is 1. The number of carbonyl (C=O) groups is 4. The molecule has 4 aliphatic rings. The third-order valence-corrected chi connectivity index (χ3v) is 9.31. The molecule has 0 bridgehead atoms. The van der Waals surface area contributed by atoms with Crippen molar-refractivity contribution in [3.63, 3.8) is 0 Å². The number of phenols is 1. The van der Waals surface area contributed by atoms with E-state index in [2.05, 4.69) is 0 Å². The molecular formula is C29H35N3O9. The number of phenolic OH excluding ortho intramolecular Hbond substituents is 1. The van der Waals surface area contributed by atoms with Crippen molar-refractivity contribution in [2.24, 2.45) is 23.5 Å². The third-order valence-electron chi connectivity index (χ3n) is 9.31. The van der Waals surface area contributed by atoms with Crippen molar-refractivity contribution in [1.82, 2.24) is 4.90 Å². The molecule has 0 spiro atoms. The zero-order chi connectivity index (χ0) is 30.1.